The lowest BCUT2D eigenvalue weighted by Gasteiger charge is -2.31. The van der Waals surface area contributed by atoms with Gasteiger partial charge < -0.3 is 5.11 Å². The average Bonchev–Trinajstić information content (AvgIpc) is 3.06. The molecule has 0 spiro atoms. The summed E-state index contributed by atoms with van der Waals surface area (Å²) >= 11 is 0. The molecular weight excluding hydrogens is 337 g/mol. The summed E-state index contributed by atoms with van der Waals surface area (Å²) in [7, 11) is -4.01. The van der Waals surface area contributed by atoms with Crippen LogP contribution in [0.5, 0.6) is 0 Å². The van der Waals surface area contributed by atoms with Crippen molar-refractivity contribution in [2.24, 2.45) is 0 Å². The molecule has 1 saturated heterocycles. The largest absolute Gasteiger partial charge is 0.480 e. The molecule has 0 bridgehead atoms. The number of carbonyl (C=O) groups is 1. The van der Waals surface area contributed by atoms with E-state index < -0.39 is 27.9 Å². The van der Waals surface area contributed by atoms with Crippen molar-refractivity contribution in [3.05, 3.63) is 42.5 Å². The topological polar surface area (TPSA) is 92.5 Å². The number of para-hydroxylation sites is 1. The molecule has 0 radical (unpaired) electrons. The monoisotopic (exact) mass is 353 g/mol. The lowest BCUT2D eigenvalue weighted by molar-refractivity contribution is -0.142. The van der Waals surface area contributed by atoms with Crippen molar-refractivity contribution in [1.82, 2.24) is 14.1 Å². The second-order valence-electron chi connectivity index (χ2n) is 5.54. The highest BCUT2D eigenvalue weighted by molar-refractivity contribution is 7.89. The summed E-state index contributed by atoms with van der Waals surface area (Å²) in [6, 6.07) is 4.76. The fourth-order valence-corrected chi connectivity index (χ4v) is 4.37. The minimum absolute atomic E-state index is 0.118. The van der Waals surface area contributed by atoms with Crippen molar-refractivity contribution in [2.45, 2.75) is 30.2 Å². The minimum atomic E-state index is -4.01. The third-order valence-electron chi connectivity index (χ3n) is 4.00. The van der Waals surface area contributed by atoms with Crippen LogP contribution in [0.4, 0.5) is 4.39 Å². The molecule has 24 heavy (non-hydrogen) atoms. The van der Waals surface area contributed by atoms with Crippen LogP contribution in [0.15, 0.2) is 41.6 Å². The summed E-state index contributed by atoms with van der Waals surface area (Å²) < 4.78 is 41.4. The first kappa shape index (κ1) is 16.6. The summed E-state index contributed by atoms with van der Waals surface area (Å²) in [4.78, 5) is 11.2. The van der Waals surface area contributed by atoms with Gasteiger partial charge in [0.25, 0.3) is 0 Å². The number of nitrogens with zero attached hydrogens (tertiary/aromatic N) is 3. The molecule has 1 aliphatic rings. The summed E-state index contributed by atoms with van der Waals surface area (Å²) in [5.74, 6) is -1.70. The van der Waals surface area contributed by atoms with Crippen LogP contribution in [0.2, 0.25) is 0 Å². The molecule has 0 saturated carbocycles. The molecule has 1 N–H and O–H groups in total. The SMILES string of the molecule is O=C(O)C1CCCCN1S(=O)(=O)c1cnn(-c2ccccc2F)c1. The van der Waals surface area contributed by atoms with Crippen LogP contribution < -0.4 is 0 Å². The zero-order valence-corrected chi connectivity index (χ0v) is 13.5. The Hall–Kier alpha value is -2.26. The van der Waals surface area contributed by atoms with E-state index >= 15 is 0 Å². The van der Waals surface area contributed by atoms with Gasteiger partial charge in [-0.15, -0.1) is 0 Å². The molecular formula is C15H16FN3O4S. The summed E-state index contributed by atoms with van der Waals surface area (Å²) in [6.07, 6.45) is 3.84. The first-order chi connectivity index (χ1) is 11.4. The van der Waals surface area contributed by atoms with Gasteiger partial charge >= 0.3 is 5.97 Å². The highest BCUT2D eigenvalue weighted by Crippen LogP contribution is 2.26. The maximum Gasteiger partial charge on any atom is 0.322 e. The van der Waals surface area contributed by atoms with Crippen molar-refractivity contribution in [3.63, 3.8) is 0 Å². The number of aliphatic carboxylic acids is 1. The van der Waals surface area contributed by atoms with Gasteiger partial charge in [-0.2, -0.15) is 9.40 Å². The number of hydrogen-bond acceptors (Lipinski definition) is 4. The Bertz CT molecular complexity index is 865. The van der Waals surface area contributed by atoms with Crippen LogP contribution in [-0.4, -0.2) is 46.2 Å². The molecule has 1 atom stereocenters. The summed E-state index contributed by atoms with van der Waals surface area (Å²) in [6.45, 7) is 0.143. The molecule has 1 fully saturated rings. The number of halogens is 1. The number of sulfonamides is 1. The molecule has 1 aliphatic heterocycles. The van der Waals surface area contributed by atoms with E-state index in [1.807, 2.05) is 0 Å². The zero-order valence-electron chi connectivity index (χ0n) is 12.7. The standard InChI is InChI=1S/C15H16FN3O4S/c16-12-5-1-2-6-13(12)18-10-11(9-17-18)24(22,23)19-8-4-3-7-14(19)15(20)21/h1-2,5-6,9-10,14H,3-4,7-8H2,(H,20,21). The molecule has 0 aliphatic carbocycles. The zero-order chi connectivity index (χ0) is 17.3. The third kappa shape index (κ3) is 2.92. The minimum Gasteiger partial charge on any atom is -0.480 e. The van der Waals surface area contributed by atoms with E-state index in [4.69, 9.17) is 0 Å². The van der Waals surface area contributed by atoms with Gasteiger partial charge in [-0.25, -0.2) is 17.5 Å². The predicted molar refractivity (Wildman–Crippen MR) is 82.7 cm³/mol. The van der Waals surface area contributed by atoms with Crippen LogP contribution in [0, 0.1) is 5.82 Å². The van der Waals surface area contributed by atoms with Crippen LogP contribution >= 0.6 is 0 Å². The Morgan fingerprint density at radius 3 is 2.75 bits per heavy atom. The molecule has 128 valence electrons. The van der Waals surface area contributed by atoms with Crippen LogP contribution in [-0.2, 0) is 14.8 Å². The Morgan fingerprint density at radius 1 is 1.29 bits per heavy atom. The van der Waals surface area contributed by atoms with Gasteiger partial charge in [-0.1, -0.05) is 12.1 Å². The Morgan fingerprint density at radius 2 is 2.04 bits per heavy atom. The number of piperidine rings is 1. The van der Waals surface area contributed by atoms with Gasteiger partial charge in [0.05, 0.1) is 12.4 Å². The molecule has 2 heterocycles. The quantitative estimate of drug-likeness (QED) is 0.902. The normalized spacial score (nSPS) is 19.3. The number of carboxylic acids is 1. The highest BCUT2D eigenvalue weighted by Gasteiger charge is 2.38. The van der Waals surface area contributed by atoms with E-state index in [2.05, 4.69) is 5.10 Å². The van der Waals surface area contributed by atoms with Gasteiger partial charge in [0.15, 0.2) is 0 Å². The van der Waals surface area contributed by atoms with Crippen LogP contribution in [0.1, 0.15) is 19.3 Å². The second kappa shape index (κ2) is 6.33. The molecule has 3 rings (SSSR count). The fraction of sp³-hybridized carbons (Fsp3) is 0.333. The van der Waals surface area contributed by atoms with Crippen molar-refractivity contribution < 1.29 is 22.7 Å². The van der Waals surface area contributed by atoms with Gasteiger partial charge in [0.1, 0.15) is 22.4 Å². The fourth-order valence-electron chi connectivity index (χ4n) is 2.78. The van der Waals surface area contributed by atoms with Gasteiger partial charge in [0.2, 0.25) is 10.0 Å². The van der Waals surface area contributed by atoms with Gasteiger partial charge in [0, 0.05) is 6.54 Å². The van der Waals surface area contributed by atoms with Gasteiger partial charge in [-0.3, -0.25) is 4.79 Å². The lowest BCUT2D eigenvalue weighted by Crippen LogP contribution is -2.47. The maximum atomic E-state index is 13.8. The average molecular weight is 353 g/mol. The number of hydrogen-bond donors (Lipinski definition) is 1. The van der Waals surface area contributed by atoms with Gasteiger partial charge in [-0.05, 0) is 31.4 Å². The van der Waals surface area contributed by atoms with Crippen molar-refractivity contribution in [2.75, 3.05) is 6.54 Å². The summed E-state index contributed by atoms with van der Waals surface area (Å²) in [5, 5.41) is 13.2. The van der Waals surface area contributed by atoms with Crippen molar-refractivity contribution in [1.29, 1.82) is 0 Å². The highest BCUT2D eigenvalue weighted by atomic mass is 32.2. The van der Waals surface area contributed by atoms with E-state index in [1.165, 1.54) is 24.4 Å². The first-order valence-electron chi connectivity index (χ1n) is 7.45. The van der Waals surface area contributed by atoms with Crippen molar-refractivity contribution >= 4 is 16.0 Å². The number of carboxylic acid groups (broad SMARTS) is 1. The number of rotatable bonds is 4. The number of benzene rings is 1. The lowest BCUT2D eigenvalue weighted by atomic mass is 10.1. The Kier molecular flexibility index (Phi) is 4.37. The predicted octanol–water partition coefficient (Wildman–Crippen LogP) is 1.64. The van der Waals surface area contributed by atoms with E-state index in [0.717, 1.165) is 15.2 Å². The molecule has 2 aromatic rings. The van der Waals surface area contributed by atoms with Crippen molar-refractivity contribution in [3.8, 4) is 5.69 Å². The number of aromatic nitrogens is 2. The Balaban J connectivity index is 1.96. The molecule has 1 unspecified atom stereocenters. The summed E-state index contributed by atoms with van der Waals surface area (Å²) in [5.41, 5.74) is 0.118. The molecule has 0 amide bonds. The first-order valence-corrected chi connectivity index (χ1v) is 8.89. The second-order valence-corrected chi connectivity index (χ2v) is 7.43. The molecule has 7 nitrogen and oxygen atoms in total. The third-order valence-corrected chi connectivity index (χ3v) is 5.86. The smallest absolute Gasteiger partial charge is 0.322 e. The molecule has 1 aromatic heterocycles. The van der Waals surface area contributed by atoms with E-state index in [0.29, 0.717) is 12.8 Å². The van der Waals surface area contributed by atoms with E-state index in [9.17, 15) is 22.7 Å². The Labute approximate surface area is 138 Å². The maximum absolute atomic E-state index is 13.8. The molecule has 1 aromatic carbocycles. The van der Waals surface area contributed by atoms with E-state index in [-0.39, 0.29) is 23.5 Å². The van der Waals surface area contributed by atoms with Crippen LogP contribution in [0.3, 0.4) is 0 Å². The van der Waals surface area contributed by atoms with Crippen LogP contribution in [0.25, 0.3) is 5.69 Å². The molecule has 9 heteroatoms. The van der Waals surface area contributed by atoms with E-state index in [1.54, 1.807) is 6.07 Å².